The predicted octanol–water partition coefficient (Wildman–Crippen LogP) is 7.07. The molecule has 0 unspecified atom stereocenters. The fourth-order valence-electron chi connectivity index (χ4n) is 4.49. The van der Waals surface area contributed by atoms with Gasteiger partial charge < -0.3 is 0 Å². The van der Waals surface area contributed by atoms with Gasteiger partial charge in [-0.15, -0.1) is 0 Å². The van der Waals surface area contributed by atoms with E-state index in [1.807, 2.05) is 3.33 Å². The molecule has 0 aliphatic heterocycles. The van der Waals surface area contributed by atoms with E-state index in [2.05, 4.69) is 77.9 Å². The molecule has 0 saturated heterocycles. The minimum absolute atomic E-state index is 0.381. The third-order valence-corrected chi connectivity index (χ3v) is 14.3. The molecule has 0 N–H and O–H groups in total. The van der Waals surface area contributed by atoms with E-state index in [9.17, 15) is 0 Å². The van der Waals surface area contributed by atoms with E-state index in [1.54, 1.807) is 33.4 Å². The number of hydrogen-bond donors (Lipinski definition) is 0. The van der Waals surface area contributed by atoms with Gasteiger partial charge in [-0.05, 0) is 0 Å². The van der Waals surface area contributed by atoms with E-state index in [1.165, 1.54) is 22.8 Å². The van der Waals surface area contributed by atoms with Crippen LogP contribution in [0.15, 0.2) is 62.0 Å². The molecule has 0 aromatic heterocycles. The average molecular weight is 493 g/mol. The zero-order valence-corrected chi connectivity index (χ0v) is 19.8. The molecule has 0 saturated carbocycles. The molecule has 0 fully saturated rings. The van der Waals surface area contributed by atoms with Crippen LogP contribution in [0.2, 0.25) is 3.17 Å². The second-order valence-corrected chi connectivity index (χ2v) is 14.5. The maximum atomic E-state index is 2.53. The van der Waals surface area contributed by atoms with Gasteiger partial charge in [-0.1, -0.05) is 0 Å². The van der Waals surface area contributed by atoms with Crippen LogP contribution in [0.3, 0.4) is 0 Å². The van der Waals surface area contributed by atoms with E-state index in [4.69, 9.17) is 0 Å². The summed E-state index contributed by atoms with van der Waals surface area (Å²) in [5.74, 6) is 0. The quantitative estimate of drug-likeness (QED) is 0.393. The van der Waals surface area contributed by atoms with Crippen LogP contribution in [0.1, 0.15) is 52.7 Å². The first kappa shape index (κ1) is 17.2. The summed E-state index contributed by atoms with van der Waals surface area (Å²) in [5, 5.41) is 2.76. The normalized spacial score (nSPS) is 19.3. The monoisotopic (exact) mass is 494 g/mol. The number of allylic oxidation sites excluding steroid dienone is 6. The summed E-state index contributed by atoms with van der Waals surface area (Å²) in [5.41, 5.74) is 11.0. The van der Waals surface area contributed by atoms with Gasteiger partial charge in [0.15, 0.2) is 0 Å². The Bertz CT molecular complexity index is 974. The fraction of sp³-hybridized carbons (Fsp3) is 0.333. The van der Waals surface area contributed by atoms with Gasteiger partial charge in [0, 0.05) is 0 Å². The Morgan fingerprint density at radius 3 is 1.96 bits per heavy atom. The van der Waals surface area contributed by atoms with Gasteiger partial charge in [-0.2, -0.15) is 0 Å². The third kappa shape index (κ3) is 2.50. The topological polar surface area (TPSA) is 0 Å². The molecule has 0 amide bonds. The van der Waals surface area contributed by atoms with Crippen molar-refractivity contribution >= 4 is 16.3 Å². The van der Waals surface area contributed by atoms with Crippen LogP contribution in [0.5, 0.6) is 0 Å². The molecule has 4 rings (SSSR count). The van der Waals surface area contributed by atoms with Crippen LogP contribution in [0.4, 0.5) is 0 Å². The summed E-state index contributed by atoms with van der Waals surface area (Å²) in [6.07, 6.45) is 1.20. The first-order chi connectivity index (χ1) is 11.8. The van der Waals surface area contributed by atoms with Gasteiger partial charge in [-0.3, -0.25) is 0 Å². The molecule has 0 atom stereocenters. The van der Waals surface area contributed by atoms with Gasteiger partial charge >= 0.3 is 164 Å². The molecule has 2 aliphatic carbocycles. The first-order valence-corrected chi connectivity index (χ1v) is 12.8. The van der Waals surface area contributed by atoms with Crippen molar-refractivity contribution in [1.29, 1.82) is 0 Å². The Kier molecular flexibility index (Phi) is 4.07. The van der Waals surface area contributed by atoms with E-state index < -0.39 is 22.9 Å². The Morgan fingerprint density at radius 1 is 0.800 bits per heavy atom. The van der Waals surface area contributed by atoms with Crippen molar-refractivity contribution in [2.45, 2.75) is 51.1 Å². The Morgan fingerprint density at radius 2 is 1.36 bits per heavy atom. The molecule has 0 heterocycles. The van der Waals surface area contributed by atoms with Crippen LogP contribution in [0, 0.1) is 0 Å². The van der Waals surface area contributed by atoms with Gasteiger partial charge in [0.1, 0.15) is 0 Å². The van der Waals surface area contributed by atoms with Crippen LogP contribution >= 0.6 is 0 Å². The van der Waals surface area contributed by atoms with E-state index in [0.29, 0.717) is 3.17 Å². The molecule has 2 aliphatic rings. The number of fused-ring (bicyclic) bond motifs is 2. The summed E-state index contributed by atoms with van der Waals surface area (Å²) in [6.45, 7) is 14.3. The zero-order valence-electron chi connectivity index (χ0n) is 16.2. The number of rotatable bonds is 2. The van der Waals surface area contributed by atoms with Gasteiger partial charge in [0.05, 0.1) is 0 Å². The molecular formula is C24H26Hf. The average Bonchev–Trinajstić information content (AvgIpc) is 2.97. The first-order valence-electron chi connectivity index (χ1n) is 9.19. The number of hydrogen-bond acceptors (Lipinski definition) is 0. The third-order valence-electron chi connectivity index (χ3n) is 6.78. The van der Waals surface area contributed by atoms with Crippen LogP contribution < -0.4 is 0 Å². The summed E-state index contributed by atoms with van der Waals surface area (Å²) in [7, 11) is 0. The maximum absolute atomic E-state index is 2.53. The van der Waals surface area contributed by atoms with Crippen LogP contribution in [-0.2, 0) is 29.3 Å². The van der Waals surface area contributed by atoms with E-state index >= 15 is 0 Å². The summed E-state index contributed by atoms with van der Waals surface area (Å²) in [6, 6.07) is 13.6. The standard InChI is InChI=1S/C14H11.C10H15.Hf/c1-10-6-7-13-8-11-4-2-3-5-12(11)9-14(10)13;1-6-7(2)9(4)10(5)8(6)3;/h2-5,8-9H,7H2,1H3;1-5H3;. The summed E-state index contributed by atoms with van der Waals surface area (Å²) < 4.78 is 2.20. The molecule has 2 aromatic rings. The van der Waals surface area contributed by atoms with Crippen molar-refractivity contribution in [2.75, 3.05) is 0 Å². The van der Waals surface area contributed by atoms with Crippen molar-refractivity contribution in [3.63, 3.8) is 0 Å². The molecule has 0 radical (unpaired) electrons. The van der Waals surface area contributed by atoms with Gasteiger partial charge in [-0.25, -0.2) is 0 Å². The SMILES string of the molecule is CC1=C(C)[C](C)([Hf][C]2=C(C)c3cc4ccccc4cc3C2)C(C)=C1C. The molecule has 0 bridgehead atoms. The van der Waals surface area contributed by atoms with Gasteiger partial charge in [0.2, 0.25) is 0 Å². The number of benzene rings is 2. The second kappa shape index (κ2) is 5.91. The van der Waals surface area contributed by atoms with Crippen molar-refractivity contribution in [1.82, 2.24) is 0 Å². The van der Waals surface area contributed by atoms with Crippen LogP contribution in [-0.4, -0.2) is 0 Å². The Balaban J connectivity index is 1.75. The Labute approximate surface area is 163 Å². The second-order valence-electron chi connectivity index (χ2n) is 7.89. The molecular weight excluding hydrogens is 467 g/mol. The van der Waals surface area contributed by atoms with Gasteiger partial charge in [0.25, 0.3) is 0 Å². The Hall–Kier alpha value is -1.21. The molecule has 0 spiro atoms. The van der Waals surface area contributed by atoms with Crippen LogP contribution in [0.25, 0.3) is 16.3 Å². The molecule has 2 aromatic carbocycles. The molecule has 25 heavy (non-hydrogen) atoms. The van der Waals surface area contributed by atoms with Crippen molar-refractivity contribution in [3.05, 3.63) is 73.1 Å². The predicted molar refractivity (Wildman–Crippen MR) is 105 cm³/mol. The summed E-state index contributed by atoms with van der Waals surface area (Å²) >= 11 is -1.01. The molecule has 0 nitrogen and oxygen atoms in total. The summed E-state index contributed by atoms with van der Waals surface area (Å²) in [4.78, 5) is 0. The molecule has 126 valence electrons. The van der Waals surface area contributed by atoms with E-state index in [-0.39, 0.29) is 0 Å². The minimum atomic E-state index is -1.01. The molecule has 1 heteroatoms. The fourth-order valence-corrected chi connectivity index (χ4v) is 11.5. The van der Waals surface area contributed by atoms with Crippen molar-refractivity contribution < 1.29 is 22.9 Å². The zero-order chi connectivity index (χ0) is 17.9. The van der Waals surface area contributed by atoms with Crippen molar-refractivity contribution in [2.24, 2.45) is 0 Å². The van der Waals surface area contributed by atoms with E-state index in [0.717, 1.165) is 0 Å². The van der Waals surface area contributed by atoms with Crippen molar-refractivity contribution in [3.8, 4) is 0 Å².